The Balaban J connectivity index is 1.60. The van der Waals surface area contributed by atoms with E-state index in [1.807, 2.05) is 36.4 Å². The smallest absolute Gasteiger partial charge is 0.161 e. The topological polar surface area (TPSA) is 49.2 Å². The van der Waals surface area contributed by atoms with E-state index in [9.17, 15) is 5.11 Å². The maximum atomic E-state index is 10.6. The number of nitrogens with zero attached hydrogens (tertiary/aromatic N) is 3. The van der Waals surface area contributed by atoms with Gasteiger partial charge in [-0.3, -0.25) is 0 Å². The summed E-state index contributed by atoms with van der Waals surface area (Å²) in [7, 11) is 0. The molecule has 0 spiro atoms. The van der Waals surface area contributed by atoms with Crippen molar-refractivity contribution in [2.24, 2.45) is 0 Å². The van der Waals surface area contributed by atoms with Gasteiger partial charge in [-0.1, -0.05) is 54.6 Å². The Morgan fingerprint density at radius 2 is 1.73 bits per heavy atom. The zero-order valence-corrected chi connectivity index (χ0v) is 14.6. The van der Waals surface area contributed by atoms with Crippen molar-refractivity contribution in [2.75, 3.05) is 11.4 Å². The molecule has 2 aromatic carbocycles. The molecule has 1 aromatic heterocycles. The van der Waals surface area contributed by atoms with Crippen LogP contribution in [0.3, 0.4) is 0 Å². The number of aryl methyl sites for hydroxylation is 1. The largest absolute Gasteiger partial charge is 0.387 e. The maximum Gasteiger partial charge on any atom is 0.161 e. The van der Waals surface area contributed by atoms with Gasteiger partial charge in [0, 0.05) is 29.9 Å². The van der Waals surface area contributed by atoms with E-state index in [4.69, 9.17) is 9.97 Å². The summed E-state index contributed by atoms with van der Waals surface area (Å²) in [4.78, 5) is 12.0. The van der Waals surface area contributed by atoms with Gasteiger partial charge in [-0.15, -0.1) is 0 Å². The van der Waals surface area contributed by atoms with Crippen molar-refractivity contribution in [3.63, 3.8) is 0 Å². The van der Waals surface area contributed by atoms with Crippen molar-refractivity contribution in [1.29, 1.82) is 0 Å². The van der Waals surface area contributed by atoms with Gasteiger partial charge in [0.15, 0.2) is 5.82 Å². The first-order valence-electron chi connectivity index (χ1n) is 9.25. The molecule has 1 aliphatic carbocycles. The lowest BCUT2D eigenvalue weighted by Gasteiger charge is -2.34. The van der Waals surface area contributed by atoms with Crippen LogP contribution >= 0.6 is 0 Å². The molecule has 1 atom stereocenters. The number of aliphatic hydroxyl groups is 1. The Morgan fingerprint density at radius 1 is 0.923 bits per heavy atom. The van der Waals surface area contributed by atoms with Crippen molar-refractivity contribution < 1.29 is 5.11 Å². The monoisotopic (exact) mass is 343 g/mol. The Labute approximate surface area is 153 Å². The van der Waals surface area contributed by atoms with E-state index in [1.54, 1.807) is 0 Å². The lowest BCUT2D eigenvalue weighted by molar-refractivity contribution is 0.175. The van der Waals surface area contributed by atoms with Crippen LogP contribution in [0.25, 0.3) is 11.4 Å². The molecular formula is C22H21N3O. The number of benzene rings is 2. The summed E-state index contributed by atoms with van der Waals surface area (Å²) in [5.74, 6) is 1.79. The highest BCUT2D eigenvalue weighted by Gasteiger charge is 2.29. The number of β-amino-alcohol motifs (C(OH)–C–C–N with tert-alkyl or cyclic N) is 1. The van der Waals surface area contributed by atoms with Crippen LogP contribution in [0, 0.1) is 0 Å². The highest BCUT2D eigenvalue weighted by atomic mass is 16.3. The summed E-state index contributed by atoms with van der Waals surface area (Å²) >= 11 is 0. The quantitative estimate of drug-likeness (QED) is 0.771. The van der Waals surface area contributed by atoms with Crippen molar-refractivity contribution in [3.8, 4) is 11.4 Å². The van der Waals surface area contributed by atoms with Gasteiger partial charge in [0.1, 0.15) is 5.82 Å². The van der Waals surface area contributed by atoms with E-state index < -0.39 is 6.10 Å². The molecule has 0 saturated heterocycles. The summed E-state index contributed by atoms with van der Waals surface area (Å²) in [6.07, 6.45) is 2.68. The molecule has 0 amide bonds. The maximum absolute atomic E-state index is 10.6. The van der Waals surface area contributed by atoms with Crippen molar-refractivity contribution >= 4 is 5.82 Å². The first kappa shape index (κ1) is 15.5. The van der Waals surface area contributed by atoms with E-state index in [0.29, 0.717) is 6.54 Å². The minimum Gasteiger partial charge on any atom is -0.387 e. The molecule has 0 radical (unpaired) electrons. The fourth-order valence-electron chi connectivity index (χ4n) is 4.13. The fraction of sp³-hybridized carbons (Fsp3) is 0.273. The summed E-state index contributed by atoms with van der Waals surface area (Å²) < 4.78 is 0. The predicted molar refractivity (Wildman–Crippen MR) is 102 cm³/mol. The minimum atomic E-state index is -0.479. The summed E-state index contributed by atoms with van der Waals surface area (Å²) in [5, 5.41) is 10.6. The van der Waals surface area contributed by atoms with Crippen LogP contribution in [-0.4, -0.2) is 21.6 Å². The van der Waals surface area contributed by atoms with E-state index in [0.717, 1.165) is 48.6 Å². The third-order valence-electron chi connectivity index (χ3n) is 5.41. The second-order valence-corrected chi connectivity index (χ2v) is 7.11. The van der Waals surface area contributed by atoms with Crippen molar-refractivity contribution in [1.82, 2.24) is 9.97 Å². The predicted octanol–water partition coefficient (Wildman–Crippen LogP) is 3.69. The number of hydrogen-bond acceptors (Lipinski definition) is 4. The minimum absolute atomic E-state index is 0.479. The van der Waals surface area contributed by atoms with Crippen molar-refractivity contribution in [2.45, 2.75) is 31.9 Å². The lowest BCUT2D eigenvalue weighted by atomic mass is 9.97. The standard InChI is InChI=1S/C22H21N3O/c26-20-14-25(13-16-9-4-5-10-17(16)20)22-18-11-6-12-19(18)23-21(24-22)15-7-2-1-3-8-15/h1-5,7-10,20,26H,6,11-14H2. The number of rotatable bonds is 2. The highest BCUT2D eigenvalue weighted by molar-refractivity contribution is 5.62. The first-order chi connectivity index (χ1) is 12.8. The number of fused-ring (bicyclic) bond motifs is 2. The molecule has 4 heteroatoms. The molecule has 1 unspecified atom stereocenters. The molecule has 3 aromatic rings. The first-order valence-corrected chi connectivity index (χ1v) is 9.25. The third kappa shape index (κ3) is 2.58. The van der Waals surface area contributed by atoms with Crippen LogP contribution in [0.5, 0.6) is 0 Å². The molecule has 1 aliphatic heterocycles. The number of aliphatic hydroxyl groups excluding tert-OH is 1. The second kappa shape index (κ2) is 6.22. The van der Waals surface area contributed by atoms with Gasteiger partial charge in [0.25, 0.3) is 0 Å². The van der Waals surface area contributed by atoms with Gasteiger partial charge >= 0.3 is 0 Å². The molecule has 26 heavy (non-hydrogen) atoms. The van der Waals surface area contributed by atoms with Gasteiger partial charge in [-0.2, -0.15) is 0 Å². The third-order valence-corrected chi connectivity index (χ3v) is 5.41. The Bertz CT molecular complexity index is 955. The fourth-order valence-corrected chi connectivity index (χ4v) is 4.13. The second-order valence-electron chi connectivity index (χ2n) is 7.11. The molecule has 2 aliphatic rings. The highest BCUT2D eigenvalue weighted by Crippen LogP contribution is 2.35. The Morgan fingerprint density at radius 3 is 2.62 bits per heavy atom. The lowest BCUT2D eigenvalue weighted by Crippen LogP contribution is -2.35. The molecular weight excluding hydrogens is 322 g/mol. The van der Waals surface area contributed by atoms with Gasteiger partial charge in [0.05, 0.1) is 6.10 Å². The molecule has 0 fully saturated rings. The van der Waals surface area contributed by atoms with Gasteiger partial charge < -0.3 is 10.0 Å². The summed E-state index contributed by atoms with van der Waals surface area (Å²) in [6.45, 7) is 1.36. The van der Waals surface area contributed by atoms with Crippen molar-refractivity contribution in [3.05, 3.63) is 77.0 Å². The number of anilines is 1. The van der Waals surface area contributed by atoms with E-state index in [-0.39, 0.29) is 0 Å². The molecule has 4 nitrogen and oxygen atoms in total. The van der Waals surface area contributed by atoms with E-state index in [2.05, 4.69) is 23.1 Å². The molecule has 130 valence electrons. The SMILES string of the molecule is OC1CN(c2nc(-c3ccccc3)nc3c2CCC3)Cc2ccccc21. The zero-order valence-electron chi connectivity index (χ0n) is 14.6. The van der Waals surface area contributed by atoms with E-state index >= 15 is 0 Å². The van der Waals surface area contributed by atoms with Crippen LogP contribution in [-0.2, 0) is 19.4 Å². The molecule has 2 heterocycles. The Kier molecular flexibility index (Phi) is 3.71. The van der Waals surface area contributed by atoms with Crippen LogP contribution < -0.4 is 4.90 Å². The zero-order chi connectivity index (χ0) is 17.5. The van der Waals surface area contributed by atoms with Crippen LogP contribution in [0.4, 0.5) is 5.82 Å². The Hall–Kier alpha value is -2.72. The summed E-state index contributed by atoms with van der Waals surface area (Å²) in [5.41, 5.74) is 5.69. The average molecular weight is 343 g/mol. The van der Waals surface area contributed by atoms with Crippen LogP contribution in [0.2, 0.25) is 0 Å². The molecule has 1 N–H and O–H groups in total. The number of aromatic nitrogens is 2. The average Bonchev–Trinajstić information content (AvgIpc) is 3.16. The van der Waals surface area contributed by atoms with Gasteiger partial charge in [-0.25, -0.2) is 9.97 Å². The normalized spacial score (nSPS) is 18.5. The van der Waals surface area contributed by atoms with Crippen LogP contribution in [0.15, 0.2) is 54.6 Å². The number of hydrogen-bond donors (Lipinski definition) is 1. The van der Waals surface area contributed by atoms with Crippen LogP contribution in [0.1, 0.15) is 34.9 Å². The van der Waals surface area contributed by atoms with Gasteiger partial charge in [-0.05, 0) is 30.4 Å². The molecule has 0 saturated carbocycles. The van der Waals surface area contributed by atoms with E-state index in [1.165, 1.54) is 16.8 Å². The molecule has 0 bridgehead atoms. The van der Waals surface area contributed by atoms with Gasteiger partial charge in [0.2, 0.25) is 0 Å². The summed E-state index contributed by atoms with van der Waals surface area (Å²) in [6, 6.07) is 18.3. The molecule has 5 rings (SSSR count).